The third-order valence-corrected chi connectivity index (χ3v) is 3.82. The Labute approximate surface area is 134 Å². The highest BCUT2D eigenvalue weighted by Crippen LogP contribution is 2.16. The molecule has 2 rings (SSSR count). The third-order valence-electron chi connectivity index (χ3n) is 3.10. The van der Waals surface area contributed by atoms with Crippen molar-refractivity contribution in [1.29, 1.82) is 5.26 Å². The lowest BCUT2D eigenvalue weighted by atomic mass is 10.2. The average molecular weight is 320 g/mol. The number of carbonyl (C=O) groups is 1. The molecule has 1 aromatic rings. The molecule has 1 aliphatic heterocycles. The summed E-state index contributed by atoms with van der Waals surface area (Å²) < 4.78 is 5.36. The minimum Gasteiger partial charge on any atom is -0.444 e. The van der Waals surface area contributed by atoms with E-state index in [4.69, 9.17) is 4.74 Å². The van der Waals surface area contributed by atoms with Gasteiger partial charge in [0.05, 0.1) is 0 Å². The molecule has 2 heterocycles. The topological polar surface area (TPSA) is 69.5 Å². The molecule has 1 aromatic heterocycles. The van der Waals surface area contributed by atoms with Crippen molar-refractivity contribution < 1.29 is 9.53 Å². The fraction of sp³-hybridized carbons (Fsp3) is 0.533. The normalized spacial score (nSPS) is 16.4. The van der Waals surface area contributed by atoms with Crippen LogP contribution in [-0.4, -0.2) is 52.7 Å². The van der Waals surface area contributed by atoms with Gasteiger partial charge in [-0.25, -0.2) is 9.78 Å². The first kappa shape index (κ1) is 16.3. The number of carbonyl (C=O) groups excluding carboxylic acids is 1. The largest absolute Gasteiger partial charge is 0.444 e. The predicted octanol–water partition coefficient (Wildman–Crippen LogP) is 2.56. The number of ether oxygens (including phenoxy) is 1. The zero-order valence-corrected chi connectivity index (χ0v) is 13.9. The number of piperazine rings is 1. The standard InChI is InChI=1S/C15H20N4O2S/c1-15(2,3)21-14(20)19-7-5-18(6-8-19)12(11-16)10-13-17-4-9-22-13/h4,9-10H,5-8H2,1-3H3. The SMILES string of the molecule is CC(C)(C)OC(=O)N1CCN(C(C#N)=Cc2nccs2)CC1. The molecular weight excluding hydrogens is 300 g/mol. The zero-order chi connectivity index (χ0) is 16.2. The van der Waals surface area contributed by atoms with Crippen molar-refractivity contribution in [2.75, 3.05) is 26.2 Å². The molecule has 1 fully saturated rings. The average Bonchev–Trinajstić information content (AvgIpc) is 2.96. The van der Waals surface area contributed by atoms with Gasteiger partial charge in [0.15, 0.2) is 0 Å². The molecule has 6 nitrogen and oxygen atoms in total. The summed E-state index contributed by atoms with van der Waals surface area (Å²) in [6, 6.07) is 2.21. The highest BCUT2D eigenvalue weighted by atomic mass is 32.1. The highest BCUT2D eigenvalue weighted by Gasteiger charge is 2.26. The number of nitriles is 1. The number of amides is 1. The summed E-state index contributed by atoms with van der Waals surface area (Å²) in [6.07, 6.45) is 3.20. The van der Waals surface area contributed by atoms with Gasteiger partial charge in [-0.1, -0.05) is 0 Å². The highest BCUT2D eigenvalue weighted by molar-refractivity contribution is 7.10. The summed E-state index contributed by atoms with van der Waals surface area (Å²) in [4.78, 5) is 19.8. The van der Waals surface area contributed by atoms with Crippen molar-refractivity contribution in [2.45, 2.75) is 26.4 Å². The van der Waals surface area contributed by atoms with E-state index >= 15 is 0 Å². The molecule has 0 atom stereocenters. The number of hydrogen-bond acceptors (Lipinski definition) is 6. The van der Waals surface area contributed by atoms with E-state index < -0.39 is 5.60 Å². The van der Waals surface area contributed by atoms with Crippen molar-refractivity contribution in [2.24, 2.45) is 0 Å². The van der Waals surface area contributed by atoms with Gasteiger partial charge in [0.2, 0.25) is 0 Å². The molecule has 1 saturated heterocycles. The van der Waals surface area contributed by atoms with Crippen LogP contribution in [0.25, 0.3) is 6.08 Å². The van der Waals surface area contributed by atoms with Crippen molar-refractivity contribution in [3.8, 4) is 6.07 Å². The Morgan fingerprint density at radius 2 is 2.00 bits per heavy atom. The van der Waals surface area contributed by atoms with E-state index in [2.05, 4.69) is 11.1 Å². The van der Waals surface area contributed by atoms with Crippen molar-refractivity contribution >= 4 is 23.5 Å². The molecule has 0 spiro atoms. The lowest BCUT2D eigenvalue weighted by molar-refractivity contribution is 0.0172. The summed E-state index contributed by atoms with van der Waals surface area (Å²) >= 11 is 1.49. The molecule has 0 bridgehead atoms. The zero-order valence-electron chi connectivity index (χ0n) is 13.1. The van der Waals surface area contributed by atoms with Gasteiger partial charge >= 0.3 is 6.09 Å². The summed E-state index contributed by atoms with van der Waals surface area (Å²) in [7, 11) is 0. The molecule has 1 amide bonds. The molecule has 0 saturated carbocycles. The Bertz CT molecular complexity index is 576. The second-order valence-electron chi connectivity index (χ2n) is 5.97. The quantitative estimate of drug-likeness (QED) is 0.783. The van der Waals surface area contributed by atoms with Crippen LogP contribution in [0.15, 0.2) is 17.3 Å². The minimum absolute atomic E-state index is 0.297. The smallest absolute Gasteiger partial charge is 0.410 e. The Hall–Kier alpha value is -2.07. The molecule has 0 unspecified atom stereocenters. The van der Waals surface area contributed by atoms with E-state index in [1.54, 1.807) is 17.2 Å². The first-order valence-electron chi connectivity index (χ1n) is 7.13. The second-order valence-corrected chi connectivity index (χ2v) is 6.89. The van der Waals surface area contributed by atoms with Crippen LogP contribution in [0.3, 0.4) is 0 Å². The van der Waals surface area contributed by atoms with Crippen molar-refractivity contribution in [3.05, 3.63) is 22.3 Å². The lowest BCUT2D eigenvalue weighted by Crippen LogP contribution is -2.49. The van der Waals surface area contributed by atoms with Gasteiger partial charge in [-0.15, -0.1) is 11.3 Å². The number of thiazole rings is 1. The minimum atomic E-state index is -0.489. The molecule has 1 aliphatic rings. The Balaban J connectivity index is 1.94. The summed E-state index contributed by atoms with van der Waals surface area (Å²) in [5.74, 6) is 0. The van der Waals surface area contributed by atoms with Gasteiger partial charge < -0.3 is 14.5 Å². The summed E-state index contributed by atoms with van der Waals surface area (Å²) in [5, 5.41) is 12.0. The Morgan fingerprint density at radius 1 is 1.36 bits per heavy atom. The van der Waals surface area contributed by atoms with Crippen LogP contribution in [0, 0.1) is 11.3 Å². The van der Waals surface area contributed by atoms with Gasteiger partial charge in [-0.2, -0.15) is 5.26 Å². The number of rotatable bonds is 2. The van der Waals surface area contributed by atoms with E-state index in [1.165, 1.54) is 11.3 Å². The monoisotopic (exact) mass is 320 g/mol. The van der Waals surface area contributed by atoms with Crippen LogP contribution in [0.5, 0.6) is 0 Å². The van der Waals surface area contributed by atoms with Crippen LogP contribution in [0.2, 0.25) is 0 Å². The Kier molecular flexibility index (Phi) is 5.03. The fourth-order valence-electron chi connectivity index (χ4n) is 2.07. The third kappa shape index (κ3) is 4.46. The van der Waals surface area contributed by atoms with Gasteiger partial charge in [0.25, 0.3) is 0 Å². The van der Waals surface area contributed by atoms with E-state index in [9.17, 15) is 10.1 Å². The lowest BCUT2D eigenvalue weighted by Gasteiger charge is -2.36. The number of nitrogens with zero attached hydrogens (tertiary/aromatic N) is 4. The van der Waals surface area contributed by atoms with Crippen LogP contribution in [0.1, 0.15) is 25.8 Å². The number of aromatic nitrogens is 1. The Morgan fingerprint density at radius 3 is 2.50 bits per heavy atom. The fourth-order valence-corrected chi connectivity index (χ4v) is 2.64. The molecule has 0 aromatic carbocycles. The van der Waals surface area contributed by atoms with Crippen molar-refractivity contribution in [3.63, 3.8) is 0 Å². The second kappa shape index (κ2) is 6.79. The maximum Gasteiger partial charge on any atom is 0.410 e. The number of allylic oxidation sites excluding steroid dienone is 1. The van der Waals surface area contributed by atoms with Crippen LogP contribution >= 0.6 is 11.3 Å². The molecule has 7 heteroatoms. The first-order chi connectivity index (χ1) is 10.4. The molecular formula is C15H20N4O2S. The van der Waals surface area contributed by atoms with E-state index in [1.807, 2.05) is 31.1 Å². The molecule has 118 valence electrons. The molecule has 0 aliphatic carbocycles. The van der Waals surface area contributed by atoms with Crippen LogP contribution < -0.4 is 0 Å². The van der Waals surface area contributed by atoms with E-state index in [0.29, 0.717) is 31.9 Å². The summed E-state index contributed by atoms with van der Waals surface area (Å²) in [5.41, 5.74) is 0.0929. The van der Waals surface area contributed by atoms with Crippen LogP contribution in [-0.2, 0) is 4.74 Å². The molecule has 0 radical (unpaired) electrons. The number of hydrogen-bond donors (Lipinski definition) is 0. The molecule has 22 heavy (non-hydrogen) atoms. The van der Waals surface area contributed by atoms with Gasteiger partial charge in [-0.3, -0.25) is 0 Å². The van der Waals surface area contributed by atoms with Gasteiger partial charge in [0, 0.05) is 43.8 Å². The predicted molar refractivity (Wildman–Crippen MR) is 85.1 cm³/mol. The van der Waals surface area contributed by atoms with Crippen molar-refractivity contribution in [1.82, 2.24) is 14.8 Å². The first-order valence-corrected chi connectivity index (χ1v) is 8.01. The van der Waals surface area contributed by atoms with Gasteiger partial charge in [0.1, 0.15) is 22.4 Å². The summed E-state index contributed by atoms with van der Waals surface area (Å²) in [6.45, 7) is 7.88. The van der Waals surface area contributed by atoms with Gasteiger partial charge in [-0.05, 0) is 20.8 Å². The maximum absolute atomic E-state index is 12.0. The maximum atomic E-state index is 12.0. The van der Waals surface area contributed by atoms with E-state index in [-0.39, 0.29) is 6.09 Å². The molecule has 0 N–H and O–H groups in total. The van der Waals surface area contributed by atoms with Crippen LogP contribution in [0.4, 0.5) is 4.79 Å². The van der Waals surface area contributed by atoms with E-state index in [0.717, 1.165) is 5.01 Å².